The minimum atomic E-state index is -3.49. The van der Waals surface area contributed by atoms with E-state index in [1.54, 1.807) is 37.4 Å². The molecule has 0 saturated heterocycles. The molecular formula is C20H22N4O3S. The van der Waals surface area contributed by atoms with E-state index in [4.69, 9.17) is 0 Å². The van der Waals surface area contributed by atoms with Gasteiger partial charge in [-0.1, -0.05) is 37.3 Å². The third-order valence-electron chi connectivity index (χ3n) is 4.26. The molecule has 28 heavy (non-hydrogen) atoms. The van der Waals surface area contributed by atoms with E-state index in [2.05, 4.69) is 22.1 Å². The van der Waals surface area contributed by atoms with Gasteiger partial charge in [0.25, 0.3) is 5.91 Å². The Balaban J connectivity index is 1.90. The Hall–Kier alpha value is -3.13. The molecule has 146 valence electrons. The number of para-hydroxylation sites is 3. The van der Waals surface area contributed by atoms with Crippen LogP contribution in [0.2, 0.25) is 0 Å². The summed E-state index contributed by atoms with van der Waals surface area (Å²) in [5, 5.41) is 8.72. The molecule has 3 rings (SSSR count). The van der Waals surface area contributed by atoms with Crippen LogP contribution in [-0.2, 0) is 21.2 Å². The number of hydrogen-bond donors (Lipinski definition) is 2. The fourth-order valence-corrected chi connectivity index (χ4v) is 3.48. The number of carbonyl (C=O) groups is 1. The lowest BCUT2D eigenvalue weighted by molar-refractivity contribution is -0.114. The second-order valence-corrected chi connectivity index (χ2v) is 8.16. The summed E-state index contributed by atoms with van der Waals surface area (Å²) in [5.41, 5.74) is 3.69. The van der Waals surface area contributed by atoms with Crippen LogP contribution in [0.5, 0.6) is 0 Å². The van der Waals surface area contributed by atoms with Crippen molar-refractivity contribution in [3.8, 4) is 0 Å². The SMILES string of the molecule is CCc1ccccc1NC=C1C(=O)N(c2ccccc2NS(C)(=O)=O)N=C1C. The van der Waals surface area contributed by atoms with Gasteiger partial charge in [-0.05, 0) is 37.1 Å². The number of hydrogen-bond acceptors (Lipinski definition) is 5. The van der Waals surface area contributed by atoms with Crippen molar-refractivity contribution in [1.82, 2.24) is 0 Å². The molecule has 1 aliphatic heterocycles. The third kappa shape index (κ3) is 4.23. The number of hydrazone groups is 1. The zero-order valence-electron chi connectivity index (χ0n) is 15.9. The molecule has 7 nitrogen and oxygen atoms in total. The molecule has 8 heteroatoms. The predicted molar refractivity (Wildman–Crippen MR) is 113 cm³/mol. The monoisotopic (exact) mass is 398 g/mol. The molecule has 1 heterocycles. The van der Waals surface area contributed by atoms with Crippen LogP contribution in [0.1, 0.15) is 19.4 Å². The molecule has 1 amide bonds. The molecule has 0 aromatic heterocycles. The lowest BCUT2D eigenvalue weighted by Crippen LogP contribution is -2.23. The van der Waals surface area contributed by atoms with Gasteiger partial charge < -0.3 is 5.32 Å². The van der Waals surface area contributed by atoms with Crippen LogP contribution >= 0.6 is 0 Å². The fourth-order valence-electron chi connectivity index (χ4n) is 2.91. The number of carbonyl (C=O) groups excluding carboxylic acids is 1. The average Bonchev–Trinajstić information content (AvgIpc) is 2.93. The van der Waals surface area contributed by atoms with E-state index in [0.29, 0.717) is 22.7 Å². The van der Waals surface area contributed by atoms with Gasteiger partial charge in [0, 0.05) is 11.9 Å². The van der Waals surface area contributed by atoms with Crippen LogP contribution in [0.4, 0.5) is 17.1 Å². The summed E-state index contributed by atoms with van der Waals surface area (Å²) in [5.74, 6) is -0.332. The number of nitrogens with one attached hydrogen (secondary N) is 2. The van der Waals surface area contributed by atoms with E-state index >= 15 is 0 Å². The fraction of sp³-hybridized carbons (Fsp3) is 0.200. The molecule has 0 atom stereocenters. The first-order valence-corrected chi connectivity index (χ1v) is 10.7. The van der Waals surface area contributed by atoms with Crippen molar-refractivity contribution in [2.75, 3.05) is 21.3 Å². The van der Waals surface area contributed by atoms with Crippen LogP contribution in [0.25, 0.3) is 0 Å². The quantitative estimate of drug-likeness (QED) is 0.730. The topological polar surface area (TPSA) is 90.9 Å². The average molecular weight is 398 g/mol. The molecule has 0 aliphatic carbocycles. The van der Waals surface area contributed by atoms with Gasteiger partial charge in [-0.2, -0.15) is 10.1 Å². The largest absolute Gasteiger partial charge is 0.361 e. The minimum absolute atomic E-state index is 0.292. The minimum Gasteiger partial charge on any atom is -0.361 e. The first-order valence-electron chi connectivity index (χ1n) is 8.81. The highest BCUT2D eigenvalue weighted by Gasteiger charge is 2.30. The van der Waals surface area contributed by atoms with E-state index < -0.39 is 10.0 Å². The molecule has 0 spiro atoms. The van der Waals surface area contributed by atoms with E-state index in [0.717, 1.165) is 23.9 Å². The maximum absolute atomic E-state index is 12.9. The zero-order valence-corrected chi connectivity index (χ0v) is 16.7. The van der Waals surface area contributed by atoms with Crippen molar-refractivity contribution in [2.24, 2.45) is 5.10 Å². The molecule has 0 saturated carbocycles. The summed E-state index contributed by atoms with van der Waals surface area (Å²) in [6.07, 6.45) is 3.57. The Morgan fingerprint density at radius 3 is 2.39 bits per heavy atom. The molecule has 2 aromatic rings. The molecule has 0 radical (unpaired) electrons. The Labute approximate surface area is 164 Å². The van der Waals surface area contributed by atoms with Crippen molar-refractivity contribution in [3.63, 3.8) is 0 Å². The summed E-state index contributed by atoms with van der Waals surface area (Å²) in [6.45, 7) is 3.80. The second kappa shape index (κ2) is 7.85. The van der Waals surface area contributed by atoms with E-state index in [1.165, 1.54) is 5.01 Å². The van der Waals surface area contributed by atoms with Crippen molar-refractivity contribution >= 4 is 38.7 Å². The van der Waals surface area contributed by atoms with Crippen LogP contribution in [0.15, 0.2) is 65.4 Å². The van der Waals surface area contributed by atoms with Crippen LogP contribution < -0.4 is 15.0 Å². The van der Waals surface area contributed by atoms with Gasteiger partial charge in [-0.25, -0.2) is 8.42 Å². The van der Waals surface area contributed by atoms with Gasteiger partial charge in [0.15, 0.2) is 0 Å². The molecule has 0 unspecified atom stereocenters. The van der Waals surface area contributed by atoms with Gasteiger partial charge in [0.05, 0.1) is 28.9 Å². The van der Waals surface area contributed by atoms with Crippen molar-refractivity contribution in [1.29, 1.82) is 0 Å². The molecule has 1 aliphatic rings. The first-order chi connectivity index (χ1) is 13.3. The number of rotatable bonds is 6. The zero-order chi connectivity index (χ0) is 20.3. The number of amides is 1. The lowest BCUT2D eigenvalue weighted by atomic mass is 10.1. The first kappa shape index (κ1) is 19.6. The maximum Gasteiger partial charge on any atom is 0.282 e. The summed E-state index contributed by atoms with van der Waals surface area (Å²) >= 11 is 0. The molecule has 0 bridgehead atoms. The number of sulfonamides is 1. The highest BCUT2D eigenvalue weighted by atomic mass is 32.2. The number of benzene rings is 2. The predicted octanol–water partition coefficient (Wildman–Crippen LogP) is 3.34. The summed E-state index contributed by atoms with van der Waals surface area (Å²) < 4.78 is 25.7. The van der Waals surface area contributed by atoms with Gasteiger partial charge >= 0.3 is 0 Å². The maximum atomic E-state index is 12.9. The third-order valence-corrected chi connectivity index (χ3v) is 4.85. The number of anilines is 3. The van der Waals surface area contributed by atoms with Gasteiger partial charge in [-0.3, -0.25) is 9.52 Å². The normalized spacial score (nSPS) is 15.7. The molecule has 2 aromatic carbocycles. The highest BCUT2D eigenvalue weighted by Crippen LogP contribution is 2.31. The summed E-state index contributed by atoms with van der Waals surface area (Å²) in [6, 6.07) is 14.5. The highest BCUT2D eigenvalue weighted by molar-refractivity contribution is 7.92. The van der Waals surface area contributed by atoms with Crippen molar-refractivity contribution in [2.45, 2.75) is 20.3 Å². The van der Waals surface area contributed by atoms with Gasteiger partial charge in [-0.15, -0.1) is 0 Å². The van der Waals surface area contributed by atoms with E-state index in [9.17, 15) is 13.2 Å². The van der Waals surface area contributed by atoms with E-state index in [1.807, 2.05) is 24.3 Å². The summed E-state index contributed by atoms with van der Waals surface area (Å²) in [7, 11) is -3.49. The number of aryl methyl sites for hydroxylation is 1. The summed E-state index contributed by atoms with van der Waals surface area (Å²) in [4.78, 5) is 12.9. The van der Waals surface area contributed by atoms with Crippen molar-refractivity contribution < 1.29 is 13.2 Å². The van der Waals surface area contributed by atoms with Crippen LogP contribution in [0.3, 0.4) is 0 Å². The van der Waals surface area contributed by atoms with E-state index in [-0.39, 0.29) is 5.91 Å². The Bertz CT molecular complexity index is 1070. The standard InChI is InChI=1S/C20H22N4O3S/c1-4-15-9-5-6-10-17(15)21-13-16-14(2)22-24(20(16)25)19-12-8-7-11-18(19)23-28(3,26)27/h5-13,21,23H,4H2,1-3H3. The van der Waals surface area contributed by atoms with Gasteiger partial charge in [0.2, 0.25) is 10.0 Å². The van der Waals surface area contributed by atoms with Gasteiger partial charge in [0.1, 0.15) is 0 Å². The van der Waals surface area contributed by atoms with Crippen molar-refractivity contribution in [3.05, 3.63) is 65.9 Å². The molecule has 2 N–H and O–H groups in total. The Kier molecular flexibility index (Phi) is 5.51. The molecule has 0 fully saturated rings. The molecular weight excluding hydrogens is 376 g/mol. The second-order valence-electron chi connectivity index (χ2n) is 6.41. The lowest BCUT2D eigenvalue weighted by Gasteiger charge is -2.16. The Morgan fingerprint density at radius 2 is 1.71 bits per heavy atom. The van der Waals surface area contributed by atoms with Crippen LogP contribution in [0, 0.1) is 0 Å². The Morgan fingerprint density at radius 1 is 1.07 bits per heavy atom. The smallest absolute Gasteiger partial charge is 0.282 e. The van der Waals surface area contributed by atoms with Crippen LogP contribution in [-0.4, -0.2) is 26.3 Å². The number of nitrogens with zero attached hydrogens (tertiary/aromatic N) is 2.